The molecule has 0 spiro atoms. The summed E-state index contributed by atoms with van der Waals surface area (Å²) in [7, 11) is 0. The molecular formula is C13H25NO3. The first kappa shape index (κ1) is 14.5. The van der Waals surface area contributed by atoms with Gasteiger partial charge in [-0.05, 0) is 25.2 Å². The number of rotatable bonds is 6. The summed E-state index contributed by atoms with van der Waals surface area (Å²) in [5.74, 6) is -0.223. The van der Waals surface area contributed by atoms with Crippen LogP contribution in [0.1, 0.15) is 40.0 Å². The molecule has 0 radical (unpaired) electrons. The first-order valence-corrected chi connectivity index (χ1v) is 6.60. The zero-order valence-corrected chi connectivity index (χ0v) is 11.2. The lowest BCUT2D eigenvalue weighted by Gasteiger charge is -2.34. The fraction of sp³-hybridized carbons (Fsp3) is 0.923. The van der Waals surface area contributed by atoms with Crippen LogP contribution in [0.4, 0.5) is 0 Å². The van der Waals surface area contributed by atoms with Gasteiger partial charge in [-0.25, -0.2) is 0 Å². The Kier molecular flexibility index (Phi) is 5.40. The molecule has 1 fully saturated rings. The third kappa shape index (κ3) is 3.42. The Morgan fingerprint density at radius 1 is 1.47 bits per heavy atom. The third-order valence-electron chi connectivity index (χ3n) is 4.15. The van der Waals surface area contributed by atoms with Gasteiger partial charge in [-0.1, -0.05) is 20.8 Å². The van der Waals surface area contributed by atoms with Crippen LogP contribution in [0.25, 0.3) is 0 Å². The van der Waals surface area contributed by atoms with Crippen LogP contribution in [0.3, 0.4) is 0 Å². The van der Waals surface area contributed by atoms with Crippen LogP contribution in [-0.2, 0) is 9.53 Å². The van der Waals surface area contributed by atoms with E-state index in [4.69, 9.17) is 4.74 Å². The molecule has 2 atom stereocenters. The van der Waals surface area contributed by atoms with Gasteiger partial charge in [0.1, 0.15) is 0 Å². The molecule has 2 unspecified atom stereocenters. The standard InChI is InChI=1S/C13H25NO3/c1-4-13(5-2,12(15)16)9-14-11-6-7-17-8-10(11)3/h10-11,14H,4-9H2,1-3H3,(H,15,16). The molecule has 100 valence electrons. The van der Waals surface area contributed by atoms with E-state index in [0.717, 1.165) is 19.6 Å². The molecule has 1 rings (SSSR count). The van der Waals surface area contributed by atoms with Crippen molar-refractivity contribution >= 4 is 5.97 Å². The Bertz CT molecular complexity index is 251. The van der Waals surface area contributed by atoms with Gasteiger partial charge >= 0.3 is 5.97 Å². The fourth-order valence-corrected chi connectivity index (χ4v) is 2.39. The first-order valence-electron chi connectivity index (χ1n) is 6.60. The molecule has 0 aromatic rings. The largest absolute Gasteiger partial charge is 0.481 e. The van der Waals surface area contributed by atoms with E-state index >= 15 is 0 Å². The molecule has 1 heterocycles. The van der Waals surface area contributed by atoms with E-state index in [-0.39, 0.29) is 0 Å². The predicted molar refractivity (Wildman–Crippen MR) is 67.0 cm³/mol. The number of carbonyl (C=O) groups is 1. The van der Waals surface area contributed by atoms with Crippen LogP contribution in [0.2, 0.25) is 0 Å². The smallest absolute Gasteiger partial charge is 0.310 e. The van der Waals surface area contributed by atoms with Gasteiger partial charge in [0, 0.05) is 19.2 Å². The van der Waals surface area contributed by atoms with E-state index in [1.807, 2.05) is 13.8 Å². The van der Waals surface area contributed by atoms with E-state index in [9.17, 15) is 9.90 Å². The Morgan fingerprint density at radius 2 is 2.12 bits per heavy atom. The summed E-state index contributed by atoms with van der Waals surface area (Å²) >= 11 is 0. The number of nitrogens with one attached hydrogen (secondary N) is 1. The first-order chi connectivity index (χ1) is 8.05. The molecular weight excluding hydrogens is 218 g/mol. The van der Waals surface area contributed by atoms with Gasteiger partial charge in [0.25, 0.3) is 0 Å². The second-order valence-corrected chi connectivity index (χ2v) is 5.12. The van der Waals surface area contributed by atoms with Gasteiger partial charge in [-0.2, -0.15) is 0 Å². The van der Waals surface area contributed by atoms with Gasteiger partial charge in [0.15, 0.2) is 0 Å². The zero-order chi connectivity index (χ0) is 12.9. The molecule has 1 saturated heterocycles. The highest BCUT2D eigenvalue weighted by molar-refractivity contribution is 5.74. The van der Waals surface area contributed by atoms with E-state index in [1.165, 1.54) is 0 Å². The summed E-state index contributed by atoms with van der Waals surface area (Å²) in [5, 5.41) is 12.8. The van der Waals surface area contributed by atoms with Crippen molar-refractivity contribution in [3.8, 4) is 0 Å². The van der Waals surface area contributed by atoms with Crippen molar-refractivity contribution in [3.63, 3.8) is 0 Å². The lowest BCUT2D eigenvalue weighted by atomic mass is 9.81. The second kappa shape index (κ2) is 6.36. The van der Waals surface area contributed by atoms with Crippen molar-refractivity contribution < 1.29 is 14.6 Å². The molecule has 0 aromatic heterocycles. The molecule has 17 heavy (non-hydrogen) atoms. The van der Waals surface area contributed by atoms with Gasteiger partial charge < -0.3 is 15.2 Å². The Hall–Kier alpha value is -0.610. The van der Waals surface area contributed by atoms with Gasteiger partial charge in [0.2, 0.25) is 0 Å². The second-order valence-electron chi connectivity index (χ2n) is 5.12. The minimum Gasteiger partial charge on any atom is -0.481 e. The van der Waals surface area contributed by atoms with Crippen LogP contribution in [0.15, 0.2) is 0 Å². The molecule has 4 nitrogen and oxygen atoms in total. The lowest BCUT2D eigenvalue weighted by Crippen LogP contribution is -2.48. The van der Waals surface area contributed by atoms with Crippen molar-refractivity contribution in [2.45, 2.75) is 46.1 Å². The summed E-state index contributed by atoms with van der Waals surface area (Å²) in [6, 6.07) is 0.389. The number of hydrogen-bond donors (Lipinski definition) is 2. The Balaban J connectivity index is 2.54. The Morgan fingerprint density at radius 3 is 2.59 bits per heavy atom. The minimum absolute atomic E-state index is 0.389. The Labute approximate surface area is 104 Å². The van der Waals surface area contributed by atoms with Crippen LogP contribution < -0.4 is 5.32 Å². The van der Waals surface area contributed by atoms with Gasteiger partial charge in [-0.3, -0.25) is 4.79 Å². The van der Waals surface area contributed by atoms with Crippen molar-refractivity contribution in [2.75, 3.05) is 19.8 Å². The normalized spacial score (nSPS) is 25.8. The molecule has 4 heteroatoms. The van der Waals surface area contributed by atoms with Crippen LogP contribution in [0.5, 0.6) is 0 Å². The topological polar surface area (TPSA) is 58.6 Å². The van der Waals surface area contributed by atoms with Crippen LogP contribution in [-0.4, -0.2) is 36.9 Å². The van der Waals surface area contributed by atoms with Gasteiger partial charge in [-0.15, -0.1) is 0 Å². The molecule has 1 aliphatic heterocycles. The van der Waals surface area contributed by atoms with Crippen molar-refractivity contribution in [1.29, 1.82) is 0 Å². The summed E-state index contributed by atoms with van der Waals surface area (Å²) in [6.07, 6.45) is 2.32. The number of hydrogen-bond acceptors (Lipinski definition) is 3. The molecule has 0 amide bonds. The summed E-state index contributed by atoms with van der Waals surface area (Å²) < 4.78 is 5.39. The predicted octanol–water partition coefficient (Wildman–Crippen LogP) is 1.89. The average molecular weight is 243 g/mol. The third-order valence-corrected chi connectivity index (χ3v) is 4.15. The highest BCUT2D eigenvalue weighted by Gasteiger charge is 2.35. The summed E-state index contributed by atoms with van der Waals surface area (Å²) in [6.45, 7) is 8.16. The molecule has 0 saturated carbocycles. The summed E-state index contributed by atoms with van der Waals surface area (Å²) in [5.41, 5.74) is -0.613. The van der Waals surface area contributed by atoms with E-state index < -0.39 is 11.4 Å². The maximum absolute atomic E-state index is 11.4. The van der Waals surface area contributed by atoms with Crippen molar-refractivity contribution in [2.24, 2.45) is 11.3 Å². The highest BCUT2D eigenvalue weighted by Crippen LogP contribution is 2.26. The molecule has 0 aromatic carbocycles. The SMILES string of the molecule is CCC(CC)(CNC1CCOCC1C)C(=O)O. The minimum atomic E-state index is -0.685. The van der Waals surface area contributed by atoms with Gasteiger partial charge in [0.05, 0.1) is 12.0 Å². The average Bonchev–Trinajstić information content (AvgIpc) is 2.32. The quantitative estimate of drug-likeness (QED) is 0.748. The van der Waals surface area contributed by atoms with E-state index in [2.05, 4.69) is 12.2 Å². The highest BCUT2D eigenvalue weighted by atomic mass is 16.5. The number of carboxylic acids is 1. The number of ether oxygens (including phenoxy) is 1. The molecule has 0 aliphatic carbocycles. The number of aliphatic carboxylic acids is 1. The maximum atomic E-state index is 11.4. The summed E-state index contributed by atoms with van der Waals surface area (Å²) in [4.78, 5) is 11.4. The molecule has 1 aliphatic rings. The van der Waals surface area contributed by atoms with Crippen molar-refractivity contribution in [3.05, 3.63) is 0 Å². The zero-order valence-electron chi connectivity index (χ0n) is 11.2. The molecule has 0 bridgehead atoms. The lowest BCUT2D eigenvalue weighted by molar-refractivity contribution is -0.149. The van der Waals surface area contributed by atoms with Crippen LogP contribution >= 0.6 is 0 Å². The maximum Gasteiger partial charge on any atom is 0.310 e. The van der Waals surface area contributed by atoms with Crippen LogP contribution in [0, 0.1) is 11.3 Å². The molecule has 2 N–H and O–H groups in total. The van der Waals surface area contributed by atoms with E-state index in [1.54, 1.807) is 0 Å². The fourth-order valence-electron chi connectivity index (χ4n) is 2.39. The van der Waals surface area contributed by atoms with Crippen molar-refractivity contribution in [1.82, 2.24) is 5.32 Å². The van der Waals surface area contributed by atoms with E-state index in [0.29, 0.717) is 31.3 Å². The number of carboxylic acid groups (broad SMARTS) is 1. The monoisotopic (exact) mass is 243 g/mol.